The van der Waals surface area contributed by atoms with Crippen molar-refractivity contribution in [3.63, 3.8) is 0 Å². The van der Waals surface area contributed by atoms with Gasteiger partial charge in [0.2, 0.25) is 0 Å². The molecule has 102 valence electrons. The van der Waals surface area contributed by atoms with Crippen LogP contribution in [0.2, 0.25) is 0 Å². The van der Waals surface area contributed by atoms with Crippen molar-refractivity contribution < 1.29 is 4.39 Å². The van der Waals surface area contributed by atoms with Crippen LogP contribution in [0.15, 0.2) is 54.7 Å². The smallest absolute Gasteiger partial charge is 0.128 e. The third-order valence-electron chi connectivity index (χ3n) is 3.57. The summed E-state index contributed by atoms with van der Waals surface area (Å²) in [7, 11) is 1.94. The summed E-state index contributed by atoms with van der Waals surface area (Å²) in [4.78, 5) is 0. The van der Waals surface area contributed by atoms with Gasteiger partial charge in [0.1, 0.15) is 5.82 Å². The number of fused-ring (bicyclic) bond motifs is 1. The number of nitrogens with zero attached hydrogens (tertiary/aromatic N) is 1. The SMILES string of the molecule is CNCc1cccc2c1ccn2Cc1ccccc1F. The number of benzene rings is 2. The zero-order valence-corrected chi connectivity index (χ0v) is 11.4. The van der Waals surface area contributed by atoms with Crippen molar-refractivity contribution in [2.75, 3.05) is 7.05 Å². The Bertz CT molecular complexity index is 731. The van der Waals surface area contributed by atoms with Gasteiger partial charge in [-0.2, -0.15) is 0 Å². The maximum absolute atomic E-state index is 13.8. The molecule has 0 aliphatic heterocycles. The van der Waals surface area contributed by atoms with Gasteiger partial charge in [-0.05, 0) is 30.8 Å². The molecule has 2 aromatic carbocycles. The van der Waals surface area contributed by atoms with E-state index in [0.29, 0.717) is 12.1 Å². The van der Waals surface area contributed by atoms with E-state index in [-0.39, 0.29) is 5.82 Å². The molecule has 20 heavy (non-hydrogen) atoms. The summed E-state index contributed by atoms with van der Waals surface area (Å²) >= 11 is 0. The molecular formula is C17H17FN2. The first-order chi connectivity index (χ1) is 9.79. The van der Waals surface area contributed by atoms with Gasteiger partial charge in [-0.25, -0.2) is 4.39 Å². The van der Waals surface area contributed by atoms with Gasteiger partial charge < -0.3 is 9.88 Å². The maximum atomic E-state index is 13.8. The van der Waals surface area contributed by atoms with Gasteiger partial charge in [0.15, 0.2) is 0 Å². The summed E-state index contributed by atoms with van der Waals surface area (Å²) in [6.45, 7) is 1.39. The molecule has 0 bridgehead atoms. The highest BCUT2D eigenvalue weighted by molar-refractivity contribution is 5.83. The average molecular weight is 268 g/mol. The fourth-order valence-electron chi connectivity index (χ4n) is 2.58. The zero-order valence-electron chi connectivity index (χ0n) is 11.4. The van der Waals surface area contributed by atoms with Crippen molar-refractivity contribution in [1.29, 1.82) is 0 Å². The van der Waals surface area contributed by atoms with E-state index in [2.05, 4.69) is 28.1 Å². The Hall–Kier alpha value is -2.13. The molecule has 3 rings (SSSR count). The van der Waals surface area contributed by atoms with Crippen LogP contribution in [0.25, 0.3) is 10.9 Å². The van der Waals surface area contributed by atoms with Crippen molar-refractivity contribution in [3.05, 3.63) is 71.7 Å². The number of aromatic nitrogens is 1. The molecule has 0 aliphatic carbocycles. The van der Waals surface area contributed by atoms with Crippen molar-refractivity contribution in [1.82, 2.24) is 9.88 Å². The highest BCUT2D eigenvalue weighted by Gasteiger charge is 2.07. The largest absolute Gasteiger partial charge is 0.343 e. The standard InChI is InChI=1S/C17H17FN2/c1-19-11-13-6-4-8-17-15(13)9-10-20(17)12-14-5-2-3-7-16(14)18/h2-10,19H,11-12H2,1H3. The van der Waals surface area contributed by atoms with Crippen LogP contribution in [0.1, 0.15) is 11.1 Å². The van der Waals surface area contributed by atoms with Gasteiger partial charge in [0, 0.05) is 29.2 Å². The van der Waals surface area contributed by atoms with E-state index in [1.54, 1.807) is 6.07 Å². The van der Waals surface area contributed by atoms with Gasteiger partial charge >= 0.3 is 0 Å². The van der Waals surface area contributed by atoms with Crippen LogP contribution >= 0.6 is 0 Å². The van der Waals surface area contributed by atoms with Crippen LogP contribution in [0.5, 0.6) is 0 Å². The van der Waals surface area contributed by atoms with Crippen LogP contribution in [-0.4, -0.2) is 11.6 Å². The summed E-state index contributed by atoms with van der Waals surface area (Å²) in [5.74, 6) is -0.152. The second-order valence-electron chi connectivity index (χ2n) is 4.92. The monoisotopic (exact) mass is 268 g/mol. The molecule has 0 saturated carbocycles. The second kappa shape index (κ2) is 5.47. The lowest BCUT2D eigenvalue weighted by Gasteiger charge is -2.08. The molecule has 3 heteroatoms. The number of rotatable bonds is 4. The lowest BCUT2D eigenvalue weighted by molar-refractivity contribution is 0.602. The number of hydrogen-bond donors (Lipinski definition) is 1. The summed E-state index contributed by atoms with van der Waals surface area (Å²) in [5, 5.41) is 4.40. The lowest BCUT2D eigenvalue weighted by atomic mass is 10.1. The first kappa shape index (κ1) is 12.9. The molecule has 0 spiro atoms. The van der Waals surface area contributed by atoms with Crippen molar-refractivity contribution in [2.24, 2.45) is 0 Å². The van der Waals surface area contributed by atoms with E-state index in [4.69, 9.17) is 0 Å². The number of halogens is 1. The molecule has 2 nitrogen and oxygen atoms in total. The first-order valence-corrected chi connectivity index (χ1v) is 6.74. The van der Waals surface area contributed by atoms with Crippen LogP contribution in [0.3, 0.4) is 0 Å². The first-order valence-electron chi connectivity index (χ1n) is 6.74. The van der Waals surface area contributed by atoms with E-state index >= 15 is 0 Å². The van der Waals surface area contributed by atoms with E-state index in [1.165, 1.54) is 17.0 Å². The molecule has 0 atom stereocenters. The summed E-state index contributed by atoms with van der Waals surface area (Å²) in [6, 6.07) is 15.3. The van der Waals surface area contributed by atoms with Gasteiger partial charge in [-0.1, -0.05) is 30.3 Å². The van der Waals surface area contributed by atoms with E-state index < -0.39 is 0 Å². The van der Waals surface area contributed by atoms with Gasteiger partial charge in [-0.3, -0.25) is 0 Å². The Morgan fingerprint density at radius 1 is 1.00 bits per heavy atom. The third kappa shape index (κ3) is 2.32. The molecule has 1 aromatic heterocycles. The Balaban J connectivity index is 2.01. The molecule has 0 radical (unpaired) electrons. The molecule has 0 saturated heterocycles. The molecule has 3 aromatic rings. The minimum atomic E-state index is -0.152. The third-order valence-corrected chi connectivity index (χ3v) is 3.57. The van der Waals surface area contributed by atoms with E-state index in [9.17, 15) is 4.39 Å². The Morgan fingerprint density at radius 2 is 1.80 bits per heavy atom. The van der Waals surface area contributed by atoms with E-state index in [0.717, 1.165) is 12.1 Å². The van der Waals surface area contributed by atoms with Crippen LogP contribution < -0.4 is 5.32 Å². The van der Waals surface area contributed by atoms with Crippen LogP contribution in [-0.2, 0) is 13.1 Å². The highest BCUT2D eigenvalue weighted by atomic mass is 19.1. The molecule has 0 unspecified atom stereocenters. The molecule has 0 fully saturated rings. The van der Waals surface area contributed by atoms with Gasteiger partial charge in [-0.15, -0.1) is 0 Å². The molecule has 0 aliphatic rings. The quantitative estimate of drug-likeness (QED) is 0.765. The number of hydrogen-bond acceptors (Lipinski definition) is 1. The lowest BCUT2D eigenvalue weighted by Crippen LogP contribution is -2.05. The summed E-state index contributed by atoms with van der Waals surface area (Å²) in [5.41, 5.74) is 3.11. The van der Waals surface area contributed by atoms with Crippen molar-refractivity contribution in [2.45, 2.75) is 13.1 Å². The molecule has 0 amide bonds. The fourth-order valence-corrected chi connectivity index (χ4v) is 2.58. The Labute approximate surface area is 117 Å². The topological polar surface area (TPSA) is 17.0 Å². The van der Waals surface area contributed by atoms with Gasteiger partial charge in [0.25, 0.3) is 0 Å². The fraction of sp³-hybridized carbons (Fsp3) is 0.176. The van der Waals surface area contributed by atoms with Crippen molar-refractivity contribution in [3.8, 4) is 0 Å². The normalized spacial score (nSPS) is 11.1. The Kier molecular flexibility index (Phi) is 3.52. The van der Waals surface area contributed by atoms with E-state index in [1.807, 2.05) is 31.4 Å². The zero-order chi connectivity index (χ0) is 13.9. The highest BCUT2D eigenvalue weighted by Crippen LogP contribution is 2.21. The average Bonchev–Trinajstić information content (AvgIpc) is 2.86. The number of nitrogens with one attached hydrogen (secondary N) is 1. The summed E-state index contributed by atoms with van der Waals surface area (Å²) < 4.78 is 15.8. The summed E-state index contributed by atoms with van der Waals surface area (Å²) in [6.07, 6.45) is 2.02. The van der Waals surface area contributed by atoms with Crippen LogP contribution in [0, 0.1) is 5.82 Å². The Morgan fingerprint density at radius 3 is 2.60 bits per heavy atom. The minimum absolute atomic E-state index is 0.152. The predicted molar refractivity (Wildman–Crippen MR) is 80.2 cm³/mol. The minimum Gasteiger partial charge on any atom is -0.343 e. The molecular weight excluding hydrogens is 251 g/mol. The molecule has 1 heterocycles. The molecule has 1 N–H and O–H groups in total. The maximum Gasteiger partial charge on any atom is 0.128 e. The van der Waals surface area contributed by atoms with Crippen LogP contribution in [0.4, 0.5) is 4.39 Å². The van der Waals surface area contributed by atoms with Crippen molar-refractivity contribution >= 4 is 10.9 Å². The predicted octanol–water partition coefficient (Wildman–Crippen LogP) is 3.55. The van der Waals surface area contributed by atoms with Gasteiger partial charge in [0.05, 0.1) is 6.54 Å². The second-order valence-corrected chi connectivity index (χ2v) is 4.92.